The molecular weight excluding hydrogens is 365 g/mol. The Balaban J connectivity index is 1.59. The van der Waals surface area contributed by atoms with Crippen LogP contribution in [0.5, 0.6) is 0 Å². The number of hydrogen-bond acceptors (Lipinski definition) is 5. The summed E-state index contributed by atoms with van der Waals surface area (Å²) < 4.78 is 18.1. The lowest BCUT2D eigenvalue weighted by Crippen LogP contribution is -2.37. The minimum atomic E-state index is -1.05. The van der Waals surface area contributed by atoms with Crippen LogP contribution in [0.3, 0.4) is 0 Å². The van der Waals surface area contributed by atoms with Crippen molar-refractivity contribution in [3.63, 3.8) is 0 Å². The molecule has 1 amide bonds. The third-order valence-corrected chi connectivity index (χ3v) is 4.17. The molecule has 7 nitrogen and oxygen atoms in total. The number of aromatic nitrogens is 2. The number of aromatic amines is 1. The molecule has 0 aliphatic carbocycles. The van der Waals surface area contributed by atoms with Crippen LogP contribution in [0.1, 0.15) is 23.0 Å². The van der Waals surface area contributed by atoms with Crippen molar-refractivity contribution in [3.8, 4) is 0 Å². The number of carbonyl (C=O) groups is 2. The lowest BCUT2D eigenvalue weighted by Gasteiger charge is -2.13. The van der Waals surface area contributed by atoms with Crippen LogP contribution >= 0.6 is 0 Å². The van der Waals surface area contributed by atoms with E-state index >= 15 is 0 Å². The molecule has 2 aromatic carbocycles. The van der Waals surface area contributed by atoms with Gasteiger partial charge in [0, 0.05) is 11.9 Å². The van der Waals surface area contributed by atoms with E-state index in [-0.39, 0.29) is 11.5 Å². The Kier molecular flexibility index (Phi) is 5.78. The molecule has 0 bridgehead atoms. The Morgan fingerprint density at radius 1 is 1.14 bits per heavy atom. The highest BCUT2D eigenvalue weighted by molar-refractivity contribution is 6.02. The van der Waals surface area contributed by atoms with Crippen molar-refractivity contribution in [2.75, 3.05) is 6.54 Å². The summed E-state index contributed by atoms with van der Waals surface area (Å²) in [6.45, 7) is 1.76. The maximum absolute atomic E-state index is 12.9. The molecule has 0 fully saturated rings. The van der Waals surface area contributed by atoms with Gasteiger partial charge in [0.15, 0.2) is 11.8 Å². The number of fused-ring (bicyclic) bond motifs is 1. The molecule has 0 aliphatic heterocycles. The van der Waals surface area contributed by atoms with Crippen LogP contribution in [0.15, 0.2) is 53.3 Å². The zero-order valence-corrected chi connectivity index (χ0v) is 15.1. The summed E-state index contributed by atoms with van der Waals surface area (Å²) in [6.07, 6.45) is -0.535. The zero-order valence-electron chi connectivity index (χ0n) is 15.1. The maximum atomic E-state index is 12.9. The van der Waals surface area contributed by atoms with Gasteiger partial charge < -0.3 is 10.1 Å². The number of halogens is 1. The van der Waals surface area contributed by atoms with E-state index in [4.69, 9.17) is 4.74 Å². The van der Waals surface area contributed by atoms with Gasteiger partial charge in [0.2, 0.25) is 0 Å². The topological polar surface area (TPSA) is 101 Å². The summed E-state index contributed by atoms with van der Waals surface area (Å²) in [5.41, 5.74) is 0.384. The predicted octanol–water partition coefficient (Wildman–Crippen LogP) is 1.97. The van der Waals surface area contributed by atoms with Crippen LogP contribution in [0.25, 0.3) is 10.8 Å². The van der Waals surface area contributed by atoms with E-state index in [1.807, 2.05) is 0 Å². The molecule has 3 aromatic rings. The SMILES string of the molecule is C[C@H](OC(=O)c1n[nH]c(=O)c2ccccc12)C(=O)NCCc1ccc(F)cc1. The molecule has 0 unspecified atom stereocenters. The van der Waals surface area contributed by atoms with Crippen molar-refractivity contribution in [1.82, 2.24) is 15.5 Å². The molecule has 3 rings (SSSR count). The number of H-pyrrole nitrogens is 1. The summed E-state index contributed by atoms with van der Waals surface area (Å²) in [7, 11) is 0. The maximum Gasteiger partial charge on any atom is 0.360 e. The Morgan fingerprint density at radius 3 is 2.54 bits per heavy atom. The first-order chi connectivity index (χ1) is 13.5. The number of nitrogens with zero attached hydrogens (tertiary/aromatic N) is 1. The Bertz CT molecular complexity index is 1060. The second kappa shape index (κ2) is 8.43. The molecule has 0 saturated heterocycles. The lowest BCUT2D eigenvalue weighted by atomic mass is 10.1. The number of rotatable bonds is 6. The Morgan fingerprint density at radius 2 is 1.82 bits per heavy atom. The fourth-order valence-corrected chi connectivity index (χ4v) is 2.67. The van der Waals surface area contributed by atoms with Crippen LogP contribution in [0.4, 0.5) is 4.39 Å². The van der Waals surface area contributed by atoms with E-state index in [1.165, 1.54) is 19.1 Å². The zero-order chi connectivity index (χ0) is 20.1. The normalized spacial score (nSPS) is 11.8. The van der Waals surface area contributed by atoms with Gasteiger partial charge in [-0.05, 0) is 37.1 Å². The summed E-state index contributed by atoms with van der Waals surface area (Å²) in [6, 6.07) is 12.5. The average Bonchev–Trinajstić information content (AvgIpc) is 2.69. The third-order valence-electron chi connectivity index (χ3n) is 4.17. The molecule has 28 heavy (non-hydrogen) atoms. The minimum absolute atomic E-state index is 0.0684. The molecule has 0 radical (unpaired) electrons. The molecule has 2 N–H and O–H groups in total. The first kappa shape index (κ1) is 19.2. The number of ether oxygens (including phenoxy) is 1. The standard InChI is InChI=1S/C20H18FN3O4/c1-12(18(25)22-11-10-13-6-8-14(21)9-7-13)28-20(27)17-15-4-2-3-5-16(15)19(26)24-23-17/h2-9,12H,10-11H2,1H3,(H,22,25)(H,24,26)/t12-/m0/s1. The highest BCUT2D eigenvalue weighted by Crippen LogP contribution is 2.14. The number of esters is 1. The number of amides is 1. The first-order valence-electron chi connectivity index (χ1n) is 8.66. The molecule has 8 heteroatoms. The third kappa shape index (κ3) is 4.40. The van der Waals surface area contributed by atoms with Crippen molar-refractivity contribution in [3.05, 3.63) is 76.0 Å². The highest BCUT2D eigenvalue weighted by Gasteiger charge is 2.22. The number of nitrogens with one attached hydrogen (secondary N) is 2. The second-order valence-electron chi connectivity index (χ2n) is 6.16. The van der Waals surface area contributed by atoms with E-state index in [2.05, 4.69) is 15.5 Å². The van der Waals surface area contributed by atoms with E-state index in [0.717, 1.165) is 5.56 Å². The molecule has 1 atom stereocenters. The molecule has 1 aromatic heterocycles. The van der Waals surface area contributed by atoms with Gasteiger partial charge in [-0.15, -0.1) is 0 Å². The van der Waals surface area contributed by atoms with Gasteiger partial charge in [0.1, 0.15) is 5.82 Å². The highest BCUT2D eigenvalue weighted by atomic mass is 19.1. The van der Waals surface area contributed by atoms with Gasteiger partial charge in [0.25, 0.3) is 11.5 Å². The van der Waals surface area contributed by atoms with Gasteiger partial charge >= 0.3 is 5.97 Å². The van der Waals surface area contributed by atoms with Crippen LogP contribution in [0.2, 0.25) is 0 Å². The monoisotopic (exact) mass is 383 g/mol. The number of carbonyl (C=O) groups excluding carboxylic acids is 2. The van der Waals surface area contributed by atoms with Gasteiger partial charge in [-0.25, -0.2) is 14.3 Å². The fourth-order valence-electron chi connectivity index (χ4n) is 2.67. The summed E-state index contributed by atoms with van der Waals surface area (Å²) in [4.78, 5) is 36.3. The quantitative estimate of drug-likeness (QED) is 0.634. The predicted molar refractivity (Wildman–Crippen MR) is 100 cm³/mol. The van der Waals surface area contributed by atoms with Crippen LogP contribution in [-0.2, 0) is 16.0 Å². The Hall–Kier alpha value is -3.55. The van der Waals surface area contributed by atoms with Crippen LogP contribution in [0, 0.1) is 5.82 Å². The number of benzene rings is 2. The lowest BCUT2D eigenvalue weighted by molar-refractivity contribution is -0.129. The smallest absolute Gasteiger partial charge is 0.360 e. The van der Waals surface area contributed by atoms with Crippen molar-refractivity contribution in [1.29, 1.82) is 0 Å². The first-order valence-corrected chi connectivity index (χ1v) is 8.66. The van der Waals surface area contributed by atoms with Crippen LogP contribution < -0.4 is 10.9 Å². The molecular formula is C20H18FN3O4. The molecule has 1 heterocycles. The van der Waals surface area contributed by atoms with Gasteiger partial charge in [0.05, 0.1) is 5.39 Å². The van der Waals surface area contributed by atoms with E-state index in [0.29, 0.717) is 23.7 Å². The van der Waals surface area contributed by atoms with E-state index in [9.17, 15) is 18.8 Å². The minimum Gasteiger partial charge on any atom is -0.448 e. The van der Waals surface area contributed by atoms with Crippen molar-refractivity contribution < 1.29 is 18.7 Å². The van der Waals surface area contributed by atoms with Crippen molar-refractivity contribution in [2.24, 2.45) is 0 Å². The largest absolute Gasteiger partial charge is 0.448 e. The van der Waals surface area contributed by atoms with Gasteiger partial charge in [-0.3, -0.25) is 9.59 Å². The van der Waals surface area contributed by atoms with Crippen LogP contribution in [-0.4, -0.2) is 34.7 Å². The van der Waals surface area contributed by atoms with Crippen molar-refractivity contribution >= 4 is 22.6 Å². The molecule has 144 valence electrons. The summed E-state index contributed by atoms with van der Waals surface area (Å²) in [5.74, 6) is -1.60. The average molecular weight is 383 g/mol. The fraction of sp³-hybridized carbons (Fsp3) is 0.200. The van der Waals surface area contributed by atoms with Crippen molar-refractivity contribution in [2.45, 2.75) is 19.4 Å². The van der Waals surface area contributed by atoms with Gasteiger partial charge in [-0.2, -0.15) is 5.10 Å². The summed E-state index contributed by atoms with van der Waals surface area (Å²) >= 11 is 0. The molecule has 0 saturated carbocycles. The Labute approximate surface area is 159 Å². The molecule has 0 aliphatic rings. The number of hydrogen-bond donors (Lipinski definition) is 2. The van der Waals surface area contributed by atoms with E-state index < -0.39 is 23.5 Å². The molecule has 0 spiro atoms. The van der Waals surface area contributed by atoms with Gasteiger partial charge in [-0.1, -0.05) is 30.3 Å². The summed E-state index contributed by atoms with van der Waals surface area (Å²) in [5, 5.41) is 9.32. The second-order valence-corrected chi connectivity index (χ2v) is 6.16. The van der Waals surface area contributed by atoms with E-state index in [1.54, 1.807) is 36.4 Å².